The van der Waals surface area contributed by atoms with Crippen molar-refractivity contribution in [3.05, 3.63) is 83.0 Å². The molecule has 2 aromatic carbocycles. The van der Waals surface area contributed by atoms with Crippen LogP contribution in [-0.4, -0.2) is 27.3 Å². The standard InChI is InChI=1S/C26H25N3O3S2/c1-4-15-29-25(31)22-21(18-9-7-6-8-10-18)16-33-24(22)28-26(29)34-17(3)23(30)27-19-11-13-20(14-12-19)32-5-2/h4,6-14,16-17H,1,5,15H2,2-3H3,(H,27,30). The minimum Gasteiger partial charge on any atom is -0.494 e. The van der Waals surface area contributed by atoms with Crippen LogP contribution in [0.4, 0.5) is 5.69 Å². The number of benzene rings is 2. The summed E-state index contributed by atoms with van der Waals surface area (Å²) < 4.78 is 7.02. The molecule has 34 heavy (non-hydrogen) atoms. The van der Waals surface area contributed by atoms with Gasteiger partial charge in [-0.05, 0) is 43.7 Å². The number of carbonyl (C=O) groups excluding carboxylic acids is 1. The van der Waals surface area contributed by atoms with Gasteiger partial charge >= 0.3 is 0 Å². The third-order valence-electron chi connectivity index (χ3n) is 5.14. The minimum atomic E-state index is -0.472. The number of hydrogen-bond acceptors (Lipinski definition) is 6. The number of anilines is 1. The summed E-state index contributed by atoms with van der Waals surface area (Å²) in [5.74, 6) is 0.574. The molecule has 0 aliphatic carbocycles. The lowest BCUT2D eigenvalue weighted by molar-refractivity contribution is -0.115. The van der Waals surface area contributed by atoms with Crippen molar-refractivity contribution in [2.24, 2.45) is 0 Å². The zero-order valence-electron chi connectivity index (χ0n) is 19.0. The van der Waals surface area contributed by atoms with E-state index in [1.807, 2.05) is 54.8 Å². The number of amides is 1. The van der Waals surface area contributed by atoms with E-state index in [4.69, 9.17) is 9.72 Å². The third kappa shape index (κ3) is 5.08. The van der Waals surface area contributed by atoms with Crippen LogP contribution >= 0.6 is 23.1 Å². The van der Waals surface area contributed by atoms with Gasteiger partial charge in [0.1, 0.15) is 10.6 Å². The molecule has 4 rings (SSSR count). The highest BCUT2D eigenvalue weighted by atomic mass is 32.2. The van der Waals surface area contributed by atoms with E-state index in [0.717, 1.165) is 16.9 Å². The molecule has 1 amide bonds. The van der Waals surface area contributed by atoms with Gasteiger partial charge < -0.3 is 10.1 Å². The van der Waals surface area contributed by atoms with E-state index < -0.39 is 5.25 Å². The van der Waals surface area contributed by atoms with Gasteiger partial charge in [0.25, 0.3) is 5.56 Å². The van der Waals surface area contributed by atoms with E-state index in [9.17, 15) is 9.59 Å². The Morgan fingerprint density at radius 1 is 1.24 bits per heavy atom. The number of fused-ring (bicyclic) bond motifs is 1. The molecule has 0 spiro atoms. The monoisotopic (exact) mass is 491 g/mol. The Morgan fingerprint density at radius 2 is 1.97 bits per heavy atom. The second-order valence-corrected chi connectivity index (χ2v) is 9.67. The van der Waals surface area contributed by atoms with Crippen molar-refractivity contribution in [2.75, 3.05) is 11.9 Å². The summed E-state index contributed by atoms with van der Waals surface area (Å²) in [5, 5.41) is 5.49. The van der Waals surface area contributed by atoms with E-state index in [1.54, 1.807) is 29.7 Å². The quantitative estimate of drug-likeness (QED) is 0.181. The predicted molar refractivity (Wildman–Crippen MR) is 141 cm³/mol. The first kappa shape index (κ1) is 23.8. The molecule has 0 saturated heterocycles. The van der Waals surface area contributed by atoms with Gasteiger partial charge in [-0.2, -0.15) is 0 Å². The van der Waals surface area contributed by atoms with Crippen LogP contribution in [0, 0.1) is 0 Å². The van der Waals surface area contributed by atoms with Crippen LogP contribution in [0.25, 0.3) is 21.3 Å². The summed E-state index contributed by atoms with van der Waals surface area (Å²) in [4.78, 5) is 31.7. The molecule has 0 saturated carbocycles. The van der Waals surface area contributed by atoms with Gasteiger partial charge in [0, 0.05) is 23.2 Å². The maximum atomic E-state index is 13.5. The van der Waals surface area contributed by atoms with Gasteiger partial charge in [0.2, 0.25) is 5.91 Å². The number of thioether (sulfide) groups is 1. The highest BCUT2D eigenvalue weighted by Crippen LogP contribution is 2.33. The van der Waals surface area contributed by atoms with Crippen LogP contribution in [0.15, 0.2) is 82.6 Å². The molecule has 0 fully saturated rings. The van der Waals surface area contributed by atoms with Crippen LogP contribution in [0.2, 0.25) is 0 Å². The van der Waals surface area contributed by atoms with Crippen LogP contribution in [-0.2, 0) is 11.3 Å². The largest absolute Gasteiger partial charge is 0.494 e. The van der Waals surface area contributed by atoms with Gasteiger partial charge in [-0.3, -0.25) is 14.2 Å². The maximum absolute atomic E-state index is 13.5. The summed E-state index contributed by atoms with van der Waals surface area (Å²) in [6, 6.07) is 17.0. The van der Waals surface area contributed by atoms with Crippen molar-refractivity contribution in [2.45, 2.75) is 30.8 Å². The van der Waals surface area contributed by atoms with E-state index >= 15 is 0 Å². The number of nitrogens with zero attached hydrogens (tertiary/aromatic N) is 2. The second kappa shape index (κ2) is 10.7. The number of aromatic nitrogens is 2. The van der Waals surface area contributed by atoms with Crippen LogP contribution in [0.5, 0.6) is 5.75 Å². The van der Waals surface area contributed by atoms with E-state index in [0.29, 0.717) is 34.2 Å². The predicted octanol–water partition coefficient (Wildman–Crippen LogP) is 5.83. The lowest BCUT2D eigenvalue weighted by Gasteiger charge is -2.15. The Kier molecular flexibility index (Phi) is 7.49. The Morgan fingerprint density at radius 3 is 2.65 bits per heavy atom. The summed E-state index contributed by atoms with van der Waals surface area (Å²) in [6.45, 7) is 8.40. The third-order valence-corrected chi connectivity index (χ3v) is 7.10. The van der Waals surface area contributed by atoms with E-state index in [1.165, 1.54) is 23.1 Å². The zero-order chi connectivity index (χ0) is 24.1. The molecule has 2 aromatic heterocycles. The molecule has 174 valence electrons. The summed E-state index contributed by atoms with van der Waals surface area (Å²) in [7, 11) is 0. The lowest BCUT2D eigenvalue weighted by Crippen LogP contribution is -2.26. The summed E-state index contributed by atoms with van der Waals surface area (Å²) in [6.07, 6.45) is 1.66. The molecular weight excluding hydrogens is 466 g/mol. The van der Waals surface area contributed by atoms with Crippen molar-refractivity contribution >= 4 is 44.9 Å². The van der Waals surface area contributed by atoms with Gasteiger partial charge in [-0.15, -0.1) is 17.9 Å². The molecule has 0 aliphatic rings. The van der Waals surface area contributed by atoms with Crippen LogP contribution in [0.3, 0.4) is 0 Å². The van der Waals surface area contributed by atoms with Crippen LogP contribution < -0.4 is 15.6 Å². The molecule has 0 radical (unpaired) electrons. The zero-order valence-corrected chi connectivity index (χ0v) is 20.6. The SMILES string of the molecule is C=CCn1c(SC(C)C(=O)Nc2ccc(OCC)cc2)nc2scc(-c3ccccc3)c2c1=O. The van der Waals surface area contributed by atoms with Crippen molar-refractivity contribution in [3.63, 3.8) is 0 Å². The molecule has 0 bridgehead atoms. The normalized spacial score (nSPS) is 11.8. The molecule has 4 aromatic rings. The lowest BCUT2D eigenvalue weighted by atomic mass is 10.1. The van der Waals surface area contributed by atoms with Gasteiger partial charge in [-0.1, -0.05) is 48.2 Å². The molecule has 6 nitrogen and oxygen atoms in total. The van der Waals surface area contributed by atoms with Gasteiger partial charge in [-0.25, -0.2) is 4.98 Å². The number of hydrogen-bond donors (Lipinski definition) is 1. The summed E-state index contributed by atoms with van der Waals surface area (Å²) >= 11 is 2.69. The Labute approximate surface area is 206 Å². The number of nitrogens with one attached hydrogen (secondary N) is 1. The maximum Gasteiger partial charge on any atom is 0.263 e. The van der Waals surface area contributed by atoms with Crippen molar-refractivity contribution in [3.8, 4) is 16.9 Å². The number of ether oxygens (including phenoxy) is 1. The molecule has 1 unspecified atom stereocenters. The first-order valence-corrected chi connectivity index (χ1v) is 12.7. The topological polar surface area (TPSA) is 73.2 Å². The molecule has 0 aliphatic heterocycles. The average Bonchev–Trinajstić information content (AvgIpc) is 3.27. The average molecular weight is 492 g/mol. The molecular formula is C26H25N3O3S2. The Bertz CT molecular complexity index is 1360. The molecule has 1 atom stereocenters. The van der Waals surface area contributed by atoms with E-state index in [2.05, 4.69) is 11.9 Å². The van der Waals surface area contributed by atoms with Gasteiger partial charge in [0.05, 0.1) is 17.2 Å². The van der Waals surface area contributed by atoms with Crippen molar-refractivity contribution < 1.29 is 9.53 Å². The van der Waals surface area contributed by atoms with Crippen molar-refractivity contribution in [1.29, 1.82) is 0 Å². The highest BCUT2D eigenvalue weighted by Gasteiger charge is 2.21. The highest BCUT2D eigenvalue weighted by molar-refractivity contribution is 8.00. The molecule has 2 heterocycles. The number of carbonyl (C=O) groups is 1. The Hall–Kier alpha value is -3.36. The minimum absolute atomic E-state index is 0.133. The van der Waals surface area contributed by atoms with Crippen molar-refractivity contribution in [1.82, 2.24) is 9.55 Å². The number of thiophene rings is 1. The van der Waals surface area contributed by atoms with Crippen LogP contribution in [0.1, 0.15) is 13.8 Å². The fourth-order valence-electron chi connectivity index (χ4n) is 3.47. The fraction of sp³-hybridized carbons (Fsp3) is 0.192. The second-order valence-electron chi connectivity index (χ2n) is 7.50. The number of rotatable bonds is 9. The van der Waals surface area contributed by atoms with Gasteiger partial charge in [0.15, 0.2) is 5.16 Å². The smallest absolute Gasteiger partial charge is 0.263 e. The number of allylic oxidation sites excluding steroid dienone is 1. The molecule has 1 N–H and O–H groups in total. The Balaban J connectivity index is 1.60. The fourth-order valence-corrected chi connectivity index (χ4v) is 5.38. The molecule has 8 heteroatoms. The first-order chi connectivity index (χ1) is 16.5. The van der Waals surface area contributed by atoms with E-state index in [-0.39, 0.29) is 11.5 Å². The summed E-state index contributed by atoms with van der Waals surface area (Å²) in [5.41, 5.74) is 2.39. The first-order valence-electron chi connectivity index (χ1n) is 10.9.